The normalized spacial score (nSPS) is 12.5. The lowest BCUT2D eigenvalue weighted by molar-refractivity contribution is 0.336. The smallest absolute Gasteiger partial charge is 0.192 e. The number of nitrogens with one attached hydrogen (secondary N) is 2. The topological polar surface area (TPSA) is 71.7 Å². The molecule has 2 aromatic heterocycles. The molecule has 1 atom stereocenters. The zero-order valence-corrected chi connectivity index (χ0v) is 20.5. The monoisotopic (exact) mass is 528 g/mol. The first kappa shape index (κ1) is 23.5. The summed E-state index contributed by atoms with van der Waals surface area (Å²) in [6, 6.07) is 7.95. The maximum absolute atomic E-state index is 6.09. The molecule has 0 aliphatic heterocycles. The molecule has 158 valence electrons. The first-order valence-corrected chi connectivity index (χ1v) is 10.7. The van der Waals surface area contributed by atoms with Gasteiger partial charge in [-0.1, -0.05) is 19.1 Å². The second-order valence-corrected chi connectivity index (χ2v) is 7.35. The number of benzene rings is 1. The highest BCUT2D eigenvalue weighted by Gasteiger charge is 2.15. The average molecular weight is 528 g/mol. The van der Waals surface area contributed by atoms with Crippen molar-refractivity contribution >= 4 is 52.2 Å². The van der Waals surface area contributed by atoms with Gasteiger partial charge in [-0.05, 0) is 39.3 Å². The summed E-state index contributed by atoms with van der Waals surface area (Å²) < 4.78 is 11.8. The van der Waals surface area contributed by atoms with Crippen LogP contribution in [-0.4, -0.2) is 24.1 Å². The molecule has 0 amide bonds. The largest absolute Gasteiger partial charge is 0.490 e. The van der Waals surface area contributed by atoms with Crippen molar-refractivity contribution in [2.75, 3.05) is 13.2 Å². The zero-order valence-electron chi connectivity index (χ0n) is 17.3. The first-order chi connectivity index (χ1) is 13.6. The Hall–Kier alpha value is -1.81. The summed E-state index contributed by atoms with van der Waals surface area (Å²) in [5.74, 6) is 2.36. The SMILES string of the molecule is CCNC(=NCc1csc(CC)n1)NC(C)c1cc2cccc(OCC)c2o1.I. The number of fused-ring (bicyclic) bond motifs is 1. The van der Waals surface area contributed by atoms with Gasteiger partial charge >= 0.3 is 0 Å². The van der Waals surface area contributed by atoms with E-state index in [1.54, 1.807) is 11.3 Å². The van der Waals surface area contributed by atoms with E-state index in [1.165, 1.54) is 0 Å². The summed E-state index contributed by atoms with van der Waals surface area (Å²) in [4.78, 5) is 9.25. The summed E-state index contributed by atoms with van der Waals surface area (Å²) in [5.41, 5.74) is 1.78. The number of aryl methyl sites for hydroxylation is 1. The molecule has 2 N–H and O–H groups in total. The Morgan fingerprint density at radius 2 is 2.14 bits per heavy atom. The fourth-order valence-corrected chi connectivity index (χ4v) is 3.61. The third-order valence-electron chi connectivity index (χ3n) is 4.25. The van der Waals surface area contributed by atoms with Gasteiger partial charge in [0.05, 0.1) is 29.9 Å². The summed E-state index contributed by atoms with van der Waals surface area (Å²) in [5, 5.41) is 11.0. The van der Waals surface area contributed by atoms with Crippen LogP contribution in [0.3, 0.4) is 0 Å². The number of ether oxygens (including phenoxy) is 1. The number of thiazole rings is 1. The Kier molecular flexibility index (Phi) is 9.22. The molecule has 2 heterocycles. The molecule has 3 rings (SSSR count). The molecular weight excluding hydrogens is 499 g/mol. The standard InChI is InChI=1S/C21H28N4O2S.HI/c1-5-19-25-16(13-28-19)12-23-21(22-6-2)24-14(4)18-11-15-9-8-10-17(26-7-3)20(15)27-18;/h8-11,13-14H,5-7,12H2,1-4H3,(H2,22,23,24);1H. The Labute approximate surface area is 193 Å². The lowest BCUT2D eigenvalue weighted by atomic mass is 10.2. The Balaban J connectivity index is 0.00000300. The summed E-state index contributed by atoms with van der Waals surface area (Å²) in [6.45, 7) is 10.1. The minimum atomic E-state index is -0.0405. The van der Waals surface area contributed by atoms with Crippen molar-refractivity contribution in [1.82, 2.24) is 15.6 Å². The highest BCUT2D eigenvalue weighted by Crippen LogP contribution is 2.31. The predicted molar refractivity (Wildman–Crippen MR) is 131 cm³/mol. The van der Waals surface area contributed by atoms with Crippen LogP contribution in [0.15, 0.2) is 39.1 Å². The van der Waals surface area contributed by atoms with Gasteiger partial charge in [0.2, 0.25) is 0 Å². The van der Waals surface area contributed by atoms with Crippen LogP contribution in [0.2, 0.25) is 0 Å². The van der Waals surface area contributed by atoms with E-state index in [1.807, 2.05) is 31.2 Å². The van der Waals surface area contributed by atoms with Crippen LogP contribution in [0.4, 0.5) is 0 Å². The van der Waals surface area contributed by atoms with Gasteiger partial charge in [-0.25, -0.2) is 9.98 Å². The minimum absolute atomic E-state index is 0. The highest BCUT2D eigenvalue weighted by molar-refractivity contribution is 14.0. The van der Waals surface area contributed by atoms with Crippen LogP contribution < -0.4 is 15.4 Å². The maximum atomic E-state index is 6.09. The number of furan rings is 1. The number of rotatable bonds is 8. The molecule has 1 unspecified atom stereocenters. The second kappa shape index (κ2) is 11.4. The van der Waals surface area contributed by atoms with Gasteiger partial charge in [-0.3, -0.25) is 0 Å². The van der Waals surface area contributed by atoms with E-state index < -0.39 is 0 Å². The van der Waals surface area contributed by atoms with Crippen molar-refractivity contribution in [2.24, 2.45) is 4.99 Å². The van der Waals surface area contributed by atoms with Gasteiger partial charge in [0.1, 0.15) is 5.76 Å². The Bertz CT molecular complexity index is 938. The number of halogens is 1. The Morgan fingerprint density at radius 3 is 2.83 bits per heavy atom. The van der Waals surface area contributed by atoms with Gasteiger partial charge < -0.3 is 19.8 Å². The number of hydrogen-bond donors (Lipinski definition) is 2. The van der Waals surface area contributed by atoms with Crippen molar-refractivity contribution in [1.29, 1.82) is 0 Å². The molecule has 0 bridgehead atoms. The molecule has 0 fully saturated rings. The molecule has 0 saturated heterocycles. The van der Waals surface area contributed by atoms with Crippen LogP contribution in [0.1, 0.15) is 50.2 Å². The molecule has 6 nitrogen and oxygen atoms in total. The molecule has 0 aliphatic rings. The molecule has 0 spiro atoms. The number of hydrogen-bond acceptors (Lipinski definition) is 5. The van der Waals surface area contributed by atoms with Crippen LogP contribution in [0.25, 0.3) is 11.0 Å². The van der Waals surface area contributed by atoms with E-state index in [4.69, 9.17) is 9.15 Å². The molecule has 0 radical (unpaired) electrons. The second-order valence-electron chi connectivity index (χ2n) is 6.40. The number of nitrogens with zero attached hydrogens (tertiary/aromatic N) is 2. The average Bonchev–Trinajstić information content (AvgIpc) is 3.34. The van der Waals surface area contributed by atoms with Crippen LogP contribution in [0.5, 0.6) is 5.75 Å². The molecule has 1 aromatic carbocycles. The highest BCUT2D eigenvalue weighted by atomic mass is 127. The first-order valence-electron chi connectivity index (χ1n) is 9.77. The van der Waals surface area contributed by atoms with E-state index >= 15 is 0 Å². The van der Waals surface area contributed by atoms with Gasteiger partial charge in [0.15, 0.2) is 17.3 Å². The molecule has 0 aliphatic carbocycles. The van der Waals surface area contributed by atoms with Crippen molar-refractivity contribution < 1.29 is 9.15 Å². The van der Waals surface area contributed by atoms with Crippen molar-refractivity contribution in [3.63, 3.8) is 0 Å². The maximum Gasteiger partial charge on any atom is 0.192 e. The molecule has 0 saturated carbocycles. The van der Waals surface area contributed by atoms with E-state index in [2.05, 4.69) is 46.8 Å². The minimum Gasteiger partial charge on any atom is -0.490 e. The van der Waals surface area contributed by atoms with Crippen molar-refractivity contribution in [3.8, 4) is 5.75 Å². The van der Waals surface area contributed by atoms with Crippen LogP contribution >= 0.6 is 35.3 Å². The number of guanidine groups is 1. The van der Waals surface area contributed by atoms with E-state index in [-0.39, 0.29) is 30.0 Å². The summed E-state index contributed by atoms with van der Waals surface area (Å²) >= 11 is 1.68. The molecular formula is C21H29IN4O2S. The zero-order chi connectivity index (χ0) is 19.9. The number of aliphatic imine (C=N–C) groups is 1. The third kappa shape index (κ3) is 6.08. The lowest BCUT2D eigenvalue weighted by Crippen LogP contribution is -2.38. The van der Waals surface area contributed by atoms with Crippen LogP contribution in [0, 0.1) is 0 Å². The number of aromatic nitrogens is 1. The summed E-state index contributed by atoms with van der Waals surface area (Å²) in [7, 11) is 0. The fourth-order valence-electron chi connectivity index (χ4n) is 2.88. The number of para-hydroxylation sites is 1. The van der Waals surface area contributed by atoms with Gasteiger partial charge in [-0.2, -0.15) is 0 Å². The predicted octanol–water partition coefficient (Wildman–Crippen LogP) is 5.28. The van der Waals surface area contributed by atoms with E-state index in [0.29, 0.717) is 13.2 Å². The lowest BCUT2D eigenvalue weighted by Gasteiger charge is -2.16. The van der Waals surface area contributed by atoms with Crippen molar-refractivity contribution in [2.45, 2.75) is 46.7 Å². The van der Waals surface area contributed by atoms with Gasteiger partial charge in [0, 0.05) is 17.3 Å². The quantitative estimate of drug-likeness (QED) is 0.236. The third-order valence-corrected chi connectivity index (χ3v) is 5.29. The molecule has 3 aromatic rings. The summed E-state index contributed by atoms with van der Waals surface area (Å²) in [6.07, 6.45) is 0.958. The van der Waals surface area contributed by atoms with Gasteiger partial charge in [-0.15, -0.1) is 35.3 Å². The fraction of sp³-hybridized carbons (Fsp3) is 0.429. The van der Waals surface area contributed by atoms with Gasteiger partial charge in [0.25, 0.3) is 0 Å². The Morgan fingerprint density at radius 1 is 1.31 bits per heavy atom. The molecule has 29 heavy (non-hydrogen) atoms. The van der Waals surface area contributed by atoms with E-state index in [0.717, 1.165) is 52.1 Å². The van der Waals surface area contributed by atoms with Crippen LogP contribution in [-0.2, 0) is 13.0 Å². The van der Waals surface area contributed by atoms with Crippen molar-refractivity contribution in [3.05, 3.63) is 46.1 Å². The molecule has 8 heteroatoms. The van der Waals surface area contributed by atoms with E-state index in [9.17, 15) is 0 Å².